The first-order valence-corrected chi connectivity index (χ1v) is 13.4. The van der Waals surface area contributed by atoms with Crippen molar-refractivity contribution in [1.29, 1.82) is 0 Å². The molecule has 2 amide bonds. The van der Waals surface area contributed by atoms with Crippen molar-refractivity contribution in [3.8, 4) is 0 Å². The maximum Gasteiger partial charge on any atom is 0.326 e. The Morgan fingerprint density at radius 1 is 0.955 bits per heavy atom. The van der Waals surface area contributed by atoms with E-state index in [9.17, 15) is 33.9 Å². The zero-order valence-electron chi connectivity index (χ0n) is 24.1. The molecule has 0 aliphatic carbocycles. The van der Waals surface area contributed by atoms with E-state index in [0.29, 0.717) is 29.0 Å². The van der Waals surface area contributed by atoms with E-state index in [4.69, 9.17) is 10.2 Å². The van der Waals surface area contributed by atoms with Gasteiger partial charge in [-0.15, -0.1) is 0 Å². The molecule has 0 unspecified atom stereocenters. The number of anilines is 1. The van der Waals surface area contributed by atoms with E-state index in [1.54, 1.807) is 31.0 Å². The van der Waals surface area contributed by atoms with E-state index in [0.717, 1.165) is 17.2 Å². The summed E-state index contributed by atoms with van der Waals surface area (Å²) in [6, 6.07) is 4.18. The van der Waals surface area contributed by atoms with Crippen LogP contribution in [0, 0.1) is 19.7 Å². The van der Waals surface area contributed by atoms with Crippen molar-refractivity contribution in [3.05, 3.63) is 69.0 Å². The number of benzene rings is 2. The van der Waals surface area contributed by atoms with Crippen LogP contribution in [0.3, 0.4) is 0 Å². The van der Waals surface area contributed by atoms with Crippen molar-refractivity contribution in [2.45, 2.75) is 58.2 Å². The molecule has 15 heteroatoms. The number of carboxylic acid groups (broad SMARTS) is 3. The van der Waals surface area contributed by atoms with Gasteiger partial charge in [0, 0.05) is 32.1 Å². The van der Waals surface area contributed by atoms with Crippen molar-refractivity contribution in [2.24, 2.45) is 0 Å². The van der Waals surface area contributed by atoms with Crippen LogP contribution in [0.2, 0.25) is 0 Å². The smallest absolute Gasteiger partial charge is 0.326 e. The average Bonchev–Trinajstić information content (AvgIpc) is 2.93. The molecule has 3 rings (SSSR count). The van der Waals surface area contributed by atoms with Crippen LogP contribution >= 0.6 is 0 Å². The van der Waals surface area contributed by atoms with Crippen LogP contribution in [-0.2, 0) is 25.7 Å². The first kappa shape index (κ1) is 33.2. The molecule has 1 heterocycles. The van der Waals surface area contributed by atoms with Gasteiger partial charge in [-0.25, -0.2) is 19.0 Å². The van der Waals surface area contributed by atoms with Gasteiger partial charge in [0.25, 0.3) is 11.5 Å². The molecule has 2 aromatic carbocycles. The number of carbonyl (C=O) groups excluding carboxylic acids is 2. The Bertz CT molecular complexity index is 1670. The zero-order chi connectivity index (χ0) is 32.7. The summed E-state index contributed by atoms with van der Waals surface area (Å²) in [5.74, 6) is -6.55. The van der Waals surface area contributed by atoms with Crippen molar-refractivity contribution in [1.82, 2.24) is 20.6 Å². The summed E-state index contributed by atoms with van der Waals surface area (Å²) in [7, 11) is 1.69. The fourth-order valence-electron chi connectivity index (χ4n) is 4.46. The molecule has 0 saturated heterocycles. The number of amides is 2. The van der Waals surface area contributed by atoms with Crippen molar-refractivity contribution in [3.63, 3.8) is 0 Å². The standard InChI is InChI=1S/C29H32FN5O9/c1-14-10-23-19(27(40)32-15(2)31-23)11-16(14)13-35(3)17-4-5-18(20(30)12-17)26(39)34-22(29(43)44)6-8-24(36)33-21(28(41)42)7-9-25(37)38/h4-5,10-12,21-22H,6-9,13H2,1-3H3,(H,33,36)(H,34,39)(H,37,38)(H,41,42)(H,43,44)(H,31,32,40)/t21-,22+/m1/s1. The van der Waals surface area contributed by atoms with Crippen LogP contribution in [0.4, 0.5) is 10.1 Å². The minimum absolute atomic E-state index is 0.279. The van der Waals surface area contributed by atoms with E-state index in [1.165, 1.54) is 12.1 Å². The molecule has 0 radical (unpaired) electrons. The predicted molar refractivity (Wildman–Crippen MR) is 155 cm³/mol. The summed E-state index contributed by atoms with van der Waals surface area (Å²) in [6.45, 7) is 3.84. The highest BCUT2D eigenvalue weighted by atomic mass is 19.1. The second kappa shape index (κ2) is 14.2. The molecule has 0 aliphatic heterocycles. The first-order chi connectivity index (χ1) is 20.7. The summed E-state index contributed by atoms with van der Waals surface area (Å²) >= 11 is 0. The average molecular weight is 614 g/mol. The minimum atomic E-state index is -1.60. The van der Waals surface area contributed by atoms with Gasteiger partial charge in [0.15, 0.2) is 0 Å². The number of hydrogen-bond acceptors (Lipinski definition) is 8. The number of fused-ring (bicyclic) bond motifs is 1. The Morgan fingerprint density at radius 3 is 2.20 bits per heavy atom. The quantitative estimate of drug-likeness (QED) is 0.154. The molecule has 2 atom stereocenters. The van der Waals surface area contributed by atoms with Gasteiger partial charge in [-0.2, -0.15) is 0 Å². The molecule has 1 aromatic heterocycles. The number of aromatic nitrogens is 2. The van der Waals surface area contributed by atoms with E-state index >= 15 is 4.39 Å². The lowest BCUT2D eigenvalue weighted by Gasteiger charge is -2.22. The number of carbonyl (C=O) groups is 5. The highest BCUT2D eigenvalue weighted by Crippen LogP contribution is 2.23. The van der Waals surface area contributed by atoms with Gasteiger partial charge in [-0.3, -0.25) is 19.2 Å². The Labute approximate surface area is 249 Å². The lowest BCUT2D eigenvalue weighted by molar-refractivity contribution is -0.143. The van der Waals surface area contributed by atoms with Gasteiger partial charge in [-0.05, 0) is 68.1 Å². The summed E-state index contributed by atoms with van der Waals surface area (Å²) in [5.41, 5.74) is 1.90. The lowest BCUT2D eigenvalue weighted by atomic mass is 10.0. The van der Waals surface area contributed by atoms with Gasteiger partial charge in [0.2, 0.25) is 5.91 Å². The number of nitrogens with zero attached hydrogens (tertiary/aromatic N) is 2. The Kier molecular flexibility index (Phi) is 10.7. The molecular formula is C29H32FN5O9. The summed E-state index contributed by atoms with van der Waals surface area (Å²) in [4.78, 5) is 79.6. The van der Waals surface area contributed by atoms with Crippen molar-refractivity contribution >= 4 is 46.3 Å². The molecule has 0 saturated carbocycles. The minimum Gasteiger partial charge on any atom is -0.481 e. The SMILES string of the molecule is Cc1nc2cc(C)c(CN(C)c3ccc(C(=O)N[C@@H](CCC(=O)N[C@H](CCC(=O)O)C(=O)O)C(=O)O)c(F)c3)cc2c(=O)[nH]1. The number of carboxylic acids is 3. The number of nitrogens with one attached hydrogen (secondary N) is 3. The third-order valence-corrected chi connectivity index (χ3v) is 6.87. The highest BCUT2D eigenvalue weighted by molar-refractivity contribution is 5.97. The molecule has 234 valence electrons. The third-order valence-electron chi connectivity index (χ3n) is 6.87. The molecule has 0 bridgehead atoms. The molecule has 3 aromatic rings. The Morgan fingerprint density at radius 2 is 1.59 bits per heavy atom. The van der Waals surface area contributed by atoms with Crippen LogP contribution in [-0.4, -0.2) is 74.1 Å². The molecule has 0 aliphatic rings. The van der Waals surface area contributed by atoms with Gasteiger partial charge < -0.3 is 35.8 Å². The number of aliphatic carboxylic acids is 3. The highest BCUT2D eigenvalue weighted by Gasteiger charge is 2.26. The monoisotopic (exact) mass is 613 g/mol. The van der Waals surface area contributed by atoms with Crippen LogP contribution < -0.4 is 21.1 Å². The summed E-state index contributed by atoms with van der Waals surface area (Å²) < 4.78 is 15.0. The number of rotatable bonds is 14. The normalized spacial score (nSPS) is 12.3. The Hall–Kier alpha value is -5.34. The molecular weight excluding hydrogens is 581 g/mol. The van der Waals surface area contributed by atoms with Crippen LogP contribution in [0.15, 0.2) is 35.1 Å². The second-order valence-electron chi connectivity index (χ2n) is 10.3. The number of aryl methyl sites for hydroxylation is 2. The third kappa shape index (κ3) is 8.59. The van der Waals surface area contributed by atoms with E-state index < -0.39 is 72.4 Å². The van der Waals surface area contributed by atoms with Gasteiger partial charge in [-0.1, -0.05) is 0 Å². The molecule has 6 N–H and O–H groups in total. The number of hydrogen-bond donors (Lipinski definition) is 6. The first-order valence-electron chi connectivity index (χ1n) is 13.4. The van der Waals surface area contributed by atoms with E-state index in [1.807, 2.05) is 6.92 Å². The maximum absolute atomic E-state index is 15.0. The number of aromatic amines is 1. The van der Waals surface area contributed by atoms with Crippen molar-refractivity contribution in [2.75, 3.05) is 11.9 Å². The summed E-state index contributed by atoms with van der Waals surface area (Å²) in [5, 5.41) is 32.1. The van der Waals surface area contributed by atoms with Crippen molar-refractivity contribution < 1.29 is 43.7 Å². The number of H-pyrrole nitrogens is 1. The van der Waals surface area contributed by atoms with E-state index in [-0.39, 0.29) is 12.0 Å². The molecule has 14 nitrogen and oxygen atoms in total. The largest absolute Gasteiger partial charge is 0.481 e. The van der Waals surface area contributed by atoms with Crippen LogP contribution in [0.1, 0.15) is 53.0 Å². The molecule has 44 heavy (non-hydrogen) atoms. The summed E-state index contributed by atoms with van der Waals surface area (Å²) in [6.07, 6.45) is -1.83. The van der Waals surface area contributed by atoms with Crippen LogP contribution in [0.25, 0.3) is 10.9 Å². The fourth-order valence-corrected chi connectivity index (χ4v) is 4.46. The molecule has 0 spiro atoms. The fraction of sp³-hybridized carbons (Fsp3) is 0.345. The van der Waals surface area contributed by atoms with Crippen LogP contribution in [0.5, 0.6) is 0 Å². The van der Waals surface area contributed by atoms with Gasteiger partial charge in [0.05, 0.1) is 16.5 Å². The molecule has 0 fully saturated rings. The maximum atomic E-state index is 15.0. The lowest BCUT2D eigenvalue weighted by Crippen LogP contribution is -2.44. The van der Waals surface area contributed by atoms with Gasteiger partial charge in [0.1, 0.15) is 23.7 Å². The second-order valence-corrected chi connectivity index (χ2v) is 10.3. The van der Waals surface area contributed by atoms with Gasteiger partial charge >= 0.3 is 17.9 Å². The zero-order valence-corrected chi connectivity index (χ0v) is 24.1. The van der Waals surface area contributed by atoms with E-state index in [2.05, 4.69) is 20.6 Å². The predicted octanol–water partition coefficient (Wildman–Crippen LogP) is 1.71. The Balaban J connectivity index is 1.66. The topological polar surface area (TPSA) is 219 Å². The number of halogens is 1.